The molecule has 0 saturated heterocycles. The fraction of sp³-hybridized carbons (Fsp3) is 0.900. The Morgan fingerprint density at radius 2 is 1.49 bits per heavy atom. The Morgan fingerprint density at radius 3 is 2.11 bits per heavy atom. The molecule has 0 bridgehead atoms. The van der Waals surface area contributed by atoms with Gasteiger partial charge in [-0.1, -0.05) is 60.1 Å². The SMILES string of the molecule is CC1(C)C[C@H]2C3=CC[C@H]4[C@@]5(C)CC[C@H](O)C(C)(C)[C@@H]5CC[C@@]4(C)[C@]3(C)C[C@H](O)[C@@]2(C(=O)O)C[C@@H]1O. The van der Waals surface area contributed by atoms with Crippen LogP contribution < -0.4 is 0 Å². The van der Waals surface area contributed by atoms with Gasteiger partial charge in [0, 0.05) is 0 Å². The fourth-order valence-electron chi connectivity index (χ4n) is 10.7. The normalized spacial score (nSPS) is 54.4. The summed E-state index contributed by atoms with van der Waals surface area (Å²) >= 11 is 0. The van der Waals surface area contributed by atoms with Gasteiger partial charge < -0.3 is 20.4 Å². The van der Waals surface area contributed by atoms with E-state index in [9.17, 15) is 25.2 Å². The monoisotopic (exact) mass is 488 g/mol. The third kappa shape index (κ3) is 2.95. The maximum atomic E-state index is 12.8. The van der Waals surface area contributed by atoms with Gasteiger partial charge in [-0.2, -0.15) is 0 Å². The lowest BCUT2D eigenvalue weighted by Gasteiger charge is -2.71. The van der Waals surface area contributed by atoms with Crippen molar-refractivity contribution in [1.82, 2.24) is 0 Å². The number of aliphatic hydroxyl groups excluding tert-OH is 3. The van der Waals surface area contributed by atoms with Gasteiger partial charge in [0.1, 0.15) is 5.41 Å². The molecule has 0 heterocycles. The Bertz CT molecular complexity index is 952. The molecule has 10 atom stereocenters. The molecule has 5 heteroatoms. The van der Waals surface area contributed by atoms with Crippen molar-refractivity contribution < 1.29 is 25.2 Å². The molecule has 0 amide bonds. The van der Waals surface area contributed by atoms with Crippen molar-refractivity contribution in [3.63, 3.8) is 0 Å². The number of aliphatic hydroxyl groups is 3. The molecule has 0 aromatic carbocycles. The Kier molecular flexibility index (Phi) is 5.40. The molecule has 0 aromatic heterocycles. The Balaban J connectivity index is 1.63. The highest BCUT2D eigenvalue weighted by Gasteiger charge is 2.72. The van der Waals surface area contributed by atoms with Gasteiger partial charge in [-0.15, -0.1) is 0 Å². The number of rotatable bonds is 1. The highest BCUT2D eigenvalue weighted by atomic mass is 16.4. The second kappa shape index (κ2) is 7.35. The first kappa shape index (κ1) is 25.7. The zero-order chi connectivity index (χ0) is 26.0. The molecule has 0 aliphatic heterocycles. The summed E-state index contributed by atoms with van der Waals surface area (Å²) in [6, 6.07) is 0. The van der Waals surface area contributed by atoms with Crippen molar-refractivity contribution in [2.75, 3.05) is 0 Å². The minimum Gasteiger partial charge on any atom is -0.481 e. The molecule has 5 aliphatic rings. The summed E-state index contributed by atoms with van der Waals surface area (Å²) in [6.45, 7) is 15.8. The molecule has 4 N–H and O–H groups in total. The van der Waals surface area contributed by atoms with Gasteiger partial charge in [-0.3, -0.25) is 4.79 Å². The standard InChI is InChI=1S/C30H48O5/c1-25(2)14-18-17-8-9-20-27(5)12-11-21(31)26(3,4)19(27)10-13-28(20,6)29(17,7)15-23(33)30(18,24(34)35)16-22(25)32/h8,18-23,31-33H,9-16H2,1-7H3,(H,34,35)/t18-,19-,20-,21-,22-,23-,27-,28+,29+,30+/m0/s1. The van der Waals surface area contributed by atoms with Crippen LogP contribution in [0.5, 0.6) is 0 Å². The summed E-state index contributed by atoms with van der Waals surface area (Å²) in [5.74, 6) is -0.342. The predicted octanol–water partition coefficient (Wildman–Crippen LogP) is 5.18. The molecule has 198 valence electrons. The average molecular weight is 489 g/mol. The van der Waals surface area contributed by atoms with Gasteiger partial charge in [-0.05, 0) is 96.2 Å². The van der Waals surface area contributed by atoms with Crippen LogP contribution in [0.2, 0.25) is 0 Å². The van der Waals surface area contributed by atoms with Gasteiger partial charge >= 0.3 is 5.97 Å². The predicted molar refractivity (Wildman–Crippen MR) is 135 cm³/mol. The van der Waals surface area contributed by atoms with E-state index in [2.05, 4.69) is 40.7 Å². The van der Waals surface area contributed by atoms with Crippen LogP contribution in [0, 0.1) is 50.2 Å². The fourth-order valence-corrected chi connectivity index (χ4v) is 10.7. The second-order valence-corrected chi connectivity index (χ2v) is 15.2. The van der Waals surface area contributed by atoms with Crippen LogP contribution in [0.15, 0.2) is 11.6 Å². The van der Waals surface area contributed by atoms with E-state index in [0.717, 1.165) is 32.1 Å². The maximum Gasteiger partial charge on any atom is 0.312 e. The van der Waals surface area contributed by atoms with E-state index in [1.165, 1.54) is 5.57 Å². The first-order valence-electron chi connectivity index (χ1n) is 14.0. The van der Waals surface area contributed by atoms with Crippen molar-refractivity contribution in [1.29, 1.82) is 0 Å². The van der Waals surface area contributed by atoms with Crippen LogP contribution in [0.1, 0.15) is 99.8 Å². The molecular weight excluding hydrogens is 440 g/mol. The highest BCUT2D eigenvalue weighted by Crippen LogP contribution is 2.75. The van der Waals surface area contributed by atoms with E-state index in [0.29, 0.717) is 24.7 Å². The lowest BCUT2D eigenvalue weighted by Crippen LogP contribution is -2.68. The van der Waals surface area contributed by atoms with Crippen molar-refractivity contribution in [2.45, 2.75) is 118 Å². The maximum absolute atomic E-state index is 12.8. The van der Waals surface area contributed by atoms with Crippen LogP contribution >= 0.6 is 0 Å². The minimum atomic E-state index is -1.32. The first-order valence-corrected chi connectivity index (χ1v) is 14.0. The Hall–Kier alpha value is -0.910. The largest absolute Gasteiger partial charge is 0.481 e. The smallest absolute Gasteiger partial charge is 0.312 e. The number of allylic oxidation sites excluding steroid dienone is 2. The van der Waals surface area contributed by atoms with Crippen LogP contribution in [0.3, 0.4) is 0 Å². The van der Waals surface area contributed by atoms with Crippen molar-refractivity contribution in [2.24, 2.45) is 50.2 Å². The summed E-state index contributed by atoms with van der Waals surface area (Å²) in [5, 5.41) is 44.0. The van der Waals surface area contributed by atoms with Crippen LogP contribution in [0.4, 0.5) is 0 Å². The van der Waals surface area contributed by atoms with Crippen LogP contribution in [-0.4, -0.2) is 44.7 Å². The van der Waals surface area contributed by atoms with Gasteiger partial charge in [0.2, 0.25) is 0 Å². The number of hydrogen-bond acceptors (Lipinski definition) is 4. The van der Waals surface area contributed by atoms with Gasteiger partial charge in [0.15, 0.2) is 0 Å². The number of carbonyl (C=O) groups is 1. The van der Waals surface area contributed by atoms with Gasteiger partial charge in [0.05, 0.1) is 18.3 Å². The van der Waals surface area contributed by atoms with Gasteiger partial charge in [0.25, 0.3) is 0 Å². The zero-order valence-corrected chi connectivity index (χ0v) is 22.9. The summed E-state index contributed by atoms with van der Waals surface area (Å²) in [6.07, 6.45) is 6.40. The van der Waals surface area contributed by atoms with Gasteiger partial charge in [-0.25, -0.2) is 0 Å². The molecule has 5 nitrogen and oxygen atoms in total. The Morgan fingerprint density at radius 1 is 0.829 bits per heavy atom. The number of fused-ring (bicyclic) bond motifs is 7. The summed E-state index contributed by atoms with van der Waals surface area (Å²) < 4.78 is 0. The topological polar surface area (TPSA) is 98.0 Å². The quantitative estimate of drug-likeness (QED) is 0.382. The molecule has 4 saturated carbocycles. The van der Waals surface area contributed by atoms with E-state index in [-0.39, 0.29) is 40.1 Å². The third-order valence-corrected chi connectivity index (χ3v) is 13.3. The molecule has 35 heavy (non-hydrogen) atoms. The molecule has 4 fully saturated rings. The summed E-state index contributed by atoms with van der Waals surface area (Å²) in [5.41, 5.74) is -0.823. The van der Waals surface area contributed by atoms with Crippen molar-refractivity contribution in [3.8, 4) is 0 Å². The average Bonchev–Trinajstić information content (AvgIpc) is 2.73. The lowest BCUT2D eigenvalue weighted by molar-refractivity contribution is -0.225. The molecule has 0 aromatic rings. The molecule has 0 unspecified atom stereocenters. The van der Waals surface area contributed by atoms with E-state index in [1.807, 2.05) is 13.8 Å². The summed E-state index contributed by atoms with van der Waals surface area (Å²) in [4.78, 5) is 12.8. The number of carboxylic acid groups (broad SMARTS) is 1. The molecule has 0 radical (unpaired) electrons. The van der Waals surface area contributed by atoms with Crippen molar-refractivity contribution in [3.05, 3.63) is 11.6 Å². The Labute approximate surface area is 211 Å². The molecule has 0 spiro atoms. The van der Waals surface area contributed by atoms with E-state index < -0.39 is 29.0 Å². The van der Waals surface area contributed by atoms with E-state index in [1.54, 1.807) is 0 Å². The lowest BCUT2D eigenvalue weighted by atomic mass is 9.33. The number of aliphatic carboxylic acids is 1. The van der Waals surface area contributed by atoms with Crippen molar-refractivity contribution >= 4 is 5.97 Å². The number of carboxylic acids is 1. The molecule has 5 aliphatic carbocycles. The summed E-state index contributed by atoms with van der Waals surface area (Å²) in [7, 11) is 0. The molecule has 5 rings (SSSR count). The van der Waals surface area contributed by atoms with Crippen LogP contribution in [0.25, 0.3) is 0 Å². The van der Waals surface area contributed by atoms with E-state index >= 15 is 0 Å². The zero-order valence-electron chi connectivity index (χ0n) is 22.9. The first-order chi connectivity index (χ1) is 16.0. The second-order valence-electron chi connectivity index (χ2n) is 15.2. The number of hydrogen-bond donors (Lipinski definition) is 4. The van der Waals surface area contributed by atoms with E-state index in [4.69, 9.17) is 0 Å². The third-order valence-electron chi connectivity index (χ3n) is 13.3. The minimum absolute atomic E-state index is 0.0491. The highest BCUT2D eigenvalue weighted by molar-refractivity contribution is 5.78. The van der Waals surface area contributed by atoms with Crippen LogP contribution in [-0.2, 0) is 4.79 Å². The molecular formula is C30H48O5.